The molecule has 0 bridgehead atoms. The van der Waals surface area contributed by atoms with Crippen LogP contribution in [-0.2, 0) is 15.8 Å². The van der Waals surface area contributed by atoms with E-state index < -0.39 is 19.8 Å². The molecule has 0 spiro atoms. The lowest BCUT2D eigenvalue weighted by molar-refractivity contribution is -0.138. The number of hydrogen-bond donors (Lipinski definition) is 5. The summed E-state index contributed by atoms with van der Waals surface area (Å²) in [5.41, 5.74) is 6.73. The lowest BCUT2D eigenvalue weighted by Gasteiger charge is -2.13. The topological polar surface area (TPSA) is 133 Å². The Bertz CT molecular complexity index is 540. The molecule has 0 aliphatic rings. The Kier molecular flexibility index (Phi) is 4.85. The van der Waals surface area contributed by atoms with Crippen LogP contribution in [0.25, 0.3) is 6.08 Å². The average Bonchev–Trinajstić information content (AvgIpc) is 2.29. The Morgan fingerprint density at radius 1 is 1.53 bits per heavy atom. The third-order valence-electron chi connectivity index (χ3n) is 2.37. The van der Waals surface area contributed by atoms with Crippen LogP contribution >= 0.6 is 7.75 Å². The molecule has 0 saturated heterocycles. The van der Waals surface area contributed by atoms with Crippen LogP contribution < -0.4 is 10.8 Å². The van der Waals surface area contributed by atoms with Gasteiger partial charge in [0, 0.05) is 0 Å². The molecule has 0 amide bonds. The number of hydrogen-bond acceptors (Lipinski definition) is 3. The van der Waals surface area contributed by atoms with E-state index in [9.17, 15) is 9.36 Å². The zero-order valence-corrected chi connectivity index (χ0v) is 10.9. The fourth-order valence-corrected chi connectivity index (χ4v) is 2.03. The maximum absolute atomic E-state index is 10.9. The Labute approximate surface area is 110 Å². The molecular formula is C11H15N2O5P. The monoisotopic (exact) mass is 286 g/mol. The van der Waals surface area contributed by atoms with E-state index in [1.165, 1.54) is 12.1 Å². The van der Waals surface area contributed by atoms with Crippen LogP contribution in [0.4, 0.5) is 5.69 Å². The van der Waals surface area contributed by atoms with Crippen molar-refractivity contribution in [3.05, 3.63) is 35.9 Å². The highest BCUT2D eigenvalue weighted by atomic mass is 31.2. The SMILES string of the molecule is C=Cc1cc(CC(N)C(=O)O)ccc1NP(=O)(O)O. The fraction of sp³-hybridized carbons (Fsp3) is 0.182. The number of rotatable bonds is 6. The summed E-state index contributed by atoms with van der Waals surface area (Å²) in [6.07, 6.45) is 1.53. The number of benzene rings is 1. The van der Waals surface area contributed by atoms with Crippen molar-refractivity contribution in [2.45, 2.75) is 12.5 Å². The van der Waals surface area contributed by atoms with Gasteiger partial charge in [-0.2, -0.15) is 0 Å². The van der Waals surface area contributed by atoms with Crippen molar-refractivity contribution in [3.63, 3.8) is 0 Å². The highest BCUT2D eigenvalue weighted by Crippen LogP contribution is 2.37. The van der Waals surface area contributed by atoms with Crippen molar-refractivity contribution in [1.82, 2.24) is 0 Å². The molecule has 1 unspecified atom stereocenters. The summed E-state index contributed by atoms with van der Waals surface area (Å²) in [6.45, 7) is 3.54. The minimum atomic E-state index is -4.40. The number of carbonyl (C=O) groups is 1. The first-order valence-electron chi connectivity index (χ1n) is 5.30. The molecule has 8 heteroatoms. The van der Waals surface area contributed by atoms with Crippen LogP contribution in [0.2, 0.25) is 0 Å². The molecular weight excluding hydrogens is 271 g/mol. The first kappa shape index (κ1) is 15.4. The second-order valence-corrected chi connectivity index (χ2v) is 5.24. The molecule has 0 aromatic heterocycles. The van der Waals surface area contributed by atoms with Gasteiger partial charge in [-0.3, -0.25) is 9.88 Å². The summed E-state index contributed by atoms with van der Waals surface area (Å²) < 4.78 is 10.9. The van der Waals surface area contributed by atoms with E-state index >= 15 is 0 Å². The molecule has 0 heterocycles. The van der Waals surface area contributed by atoms with Gasteiger partial charge in [-0.15, -0.1) is 0 Å². The predicted molar refractivity (Wildman–Crippen MR) is 71.5 cm³/mol. The van der Waals surface area contributed by atoms with E-state index in [1.54, 1.807) is 12.1 Å². The van der Waals surface area contributed by atoms with Gasteiger partial charge >= 0.3 is 13.7 Å². The summed E-state index contributed by atoms with van der Waals surface area (Å²) >= 11 is 0. The van der Waals surface area contributed by atoms with Crippen LogP contribution in [0.3, 0.4) is 0 Å². The molecule has 1 aromatic rings. The van der Waals surface area contributed by atoms with Crippen molar-refractivity contribution < 1.29 is 24.3 Å². The summed E-state index contributed by atoms with van der Waals surface area (Å²) in [7, 11) is -4.40. The second-order valence-electron chi connectivity index (χ2n) is 3.93. The average molecular weight is 286 g/mol. The quantitative estimate of drug-likeness (QED) is 0.488. The van der Waals surface area contributed by atoms with E-state index in [4.69, 9.17) is 20.6 Å². The normalized spacial score (nSPS) is 12.8. The molecule has 0 saturated carbocycles. The van der Waals surface area contributed by atoms with Crippen molar-refractivity contribution in [2.24, 2.45) is 5.73 Å². The molecule has 0 aliphatic heterocycles. The largest absolute Gasteiger partial charge is 0.480 e. The minimum absolute atomic E-state index is 0.117. The van der Waals surface area contributed by atoms with Gasteiger partial charge in [0.05, 0.1) is 5.69 Å². The summed E-state index contributed by atoms with van der Waals surface area (Å²) in [5.74, 6) is -1.11. The van der Waals surface area contributed by atoms with E-state index in [1.807, 2.05) is 0 Å². The molecule has 1 rings (SSSR count). The zero-order chi connectivity index (χ0) is 14.6. The van der Waals surface area contributed by atoms with Crippen molar-refractivity contribution in [1.29, 1.82) is 0 Å². The van der Waals surface area contributed by atoms with Gasteiger partial charge in [-0.1, -0.05) is 18.7 Å². The summed E-state index contributed by atoms with van der Waals surface area (Å²) in [6, 6.07) is 3.54. The number of carboxylic acids is 1. The smallest absolute Gasteiger partial charge is 0.427 e. The highest BCUT2D eigenvalue weighted by Gasteiger charge is 2.16. The molecule has 7 nitrogen and oxygen atoms in total. The van der Waals surface area contributed by atoms with Gasteiger partial charge in [0.1, 0.15) is 6.04 Å². The van der Waals surface area contributed by atoms with Gasteiger partial charge in [0.25, 0.3) is 0 Å². The zero-order valence-electron chi connectivity index (χ0n) is 9.98. The van der Waals surface area contributed by atoms with E-state index in [2.05, 4.69) is 11.7 Å². The van der Waals surface area contributed by atoms with Gasteiger partial charge in [-0.05, 0) is 29.7 Å². The standard InChI is InChI=1S/C11H15N2O5P/c1-2-8-5-7(6-9(12)11(14)15)3-4-10(8)13-19(16,17)18/h2-5,9H,1,6,12H2,(H,14,15)(H3,13,16,17,18). The van der Waals surface area contributed by atoms with E-state index in [-0.39, 0.29) is 12.1 Å². The van der Waals surface area contributed by atoms with Gasteiger partial charge < -0.3 is 20.6 Å². The van der Waals surface area contributed by atoms with Gasteiger partial charge in [-0.25, -0.2) is 4.57 Å². The van der Waals surface area contributed by atoms with Crippen LogP contribution in [0.1, 0.15) is 11.1 Å². The van der Waals surface area contributed by atoms with Crippen LogP contribution in [0, 0.1) is 0 Å². The predicted octanol–water partition coefficient (Wildman–Crippen LogP) is 0.789. The Balaban J connectivity index is 2.99. The van der Waals surface area contributed by atoms with Crippen molar-refractivity contribution in [2.75, 3.05) is 5.09 Å². The van der Waals surface area contributed by atoms with Crippen LogP contribution in [-0.4, -0.2) is 26.9 Å². The third kappa shape index (κ3) is 4.84. The molecule has 1 atom stereocenters. The lowest BCUT2D eigenvalue weighted by Crippen LogP contribution is -2.32. The maximum Gasteiger partial charge on any atom is 0.427 e. The molecule has 6 N–H and O–H groups in total. The molecule has 104 valence electrons. The first-order valence-corrected chi connectivity index (χ1v) is 6.92. The highest BCUT2D eigenvalue weighted by molar-refractivity contribution is 7.53. The van der Waals surface area contributed by atoms with E-state index in [0.29, 0.717) is 11.1 Å². The Morgan fingerprint density at radius 2 is 2.16 bits per heavy atom. The number of carboxylic acid groups (broad SMARTS) is 1. The van der Waals surface area contributed by atoms with Gasteiger partial charge in [0.2, 0.25) is 0 Å². The first-order chi connectivity index (χ1) is 8.73. The molecule has 0 radical (unpaired) electrons. The van der Waals surface area contributed by atoms with Gasteiger partial charge in [0.15, 0.2) is 0 Å². The van der Waals surface area contributed by atoms with E-state index in [0.717, 1.165) is 0 Å². The Hall–Kier alpha value is -1.66. The van der Waals surface area contributed by atoms with Crippen molar-refractivity contribution in [3.8, 4) is 0 Å². The maximum atomic E-state index is 10.9. The number of nitrogens with one attached hydrogen (secondary N) is 1. The van der Waals surface area contributed by atoms with Crippen LogP contribution in [0.15, 0.2) is 24.8 Å². The van der Waals surface area contributed by atoms with Crippen LogP contribution in [0.5, 0.6) is 0 Å². The Morgan fingerprint density at radius 3 is 2.63 bits per heavy atom. The lowest BCUT2D eigenvalue weighted by atomic mass is 10.0. The molecule has 0 fully saturated rings. The number of aliphatic carboxylic acids is 1. The third-order valence-corrected chi connectivity index (χ3v) is 2.91. The number of anilines is 1. The summed E-state index contributed by atoms with van der Waals surface area (Å²) in [5, 5.41) is 10.8. The van der Waals surface area contributed by atoms with Crippen molar-refractivity contribution >= 4 is 25.5 Å². The molecule has 19 heavy (non-hydrogen) atoms. The molecule has 0 aliphatic carbocycles. The second kappa shape index (κ2) is 5.99. The number of nitrogens with two attached hydrogens (primary N) is 1. The fourth-order valence-electron chi connectivity index (χ4n) is 1.51. The molecule has 1 aromatic carbocycles. The summed E-state index contributed by atoms with van der Waals surface area (Å²) in [4.78, 5) is 28.3. The minimum Gasteiger partial charge on any atom is -0.480 e.